The molecule has 0 aromatic rings. The fourth-order valence-corrected chi connectivity index (χ4v) is 2.65. The topological polar surface area (TPSA) is 77.3 Å². The molecule has 296 valence electrons. The minimum atomic E-state index is -8.41. The van der Waals surface area contributed by atoms with Crippen molar-refractivity contribution in [3.63, 3.8) is 0 Å². The van der Waals surface area contributed by atoms with E-state index >= 15 is 0 Å². The van der Waals surface area contributed by atoms with E-state index in [-0.39, 0.29) is 0 Å². The molecule has 2 atom stereocenters. The van der Waals surface area contributed by atoms with Crippen molar-refractivity contribution < 1.29 is 133 Å². The summed E-state index contributed by atoms with van der Waals surface area (Å²) in [7, 11) is 0. The Labute approximate surface area is 254 Å². The fraction of sp³-hybridized carbons (Fsp3) is 0.889. The Balaban J connectivity index is 6.14. The maximum atomic E-state index is 13.9. The van der Waals surface area contributed by atoms with Gasteiger partial charge < -0.3 is 9.47 Å². The number of rotatable bonds is 12. The molecule has 0 fully saturated rings. The molecular formula is C18H8F26N2O4. The summed E-state index contributed by atoms with van der Waals surface area (Å²) >= 11 is 0. The number of azo groups is 1. The number of hydrogen-bond donors (Lipinski definition) is 0. The molecule has 0 aromatic carbocycles. The summed E-state index contributed by atoms with van der Waals surface area (Å²) in [4.78, 5) is 22.5. The number of hydrogen-bond acceptors (Lipinski definition) is 4. The molecule has 0 saturated carbocycles. The van der Waals surface area contributed by atoms with Gasteiger partial charge in [-0.3, -0.25) is 0 Å². The number of halogens is 26. The van der Waals surface area contributed by atoms with E-state index in [4.69, 9.17) is 0 Å². The third-order valence-electron chi connectivity index (χ3n) is 5.70. The molecule has 0 aliphatic rings. The highest BCUT2D eigenvalue weighted by atomic mass is 19.4. The van der Waals surface area contributed by atoms with Crippen LogP contribution in [0.2, 0.25) is 0 Å². The number of ether oxygens (including phenoxy) is 2. The number of amides is 2. The molecule has 2 amide bonds. The van der Waals surface area contributed by atoms with Crippen LogP contribution in [0.15, 0.2) is 10.2 Å². The highest BCUT2D eigenvalue weighted by Gasteiger charge is 2.93. The van der Waals surface area contributed by atoms with Crippen molar-refractivity contribution in [2.45, 2.75) is 97.6 Å². The van der Waals surface area contributed by atoms with Crippen molar-refractivity contribution >= 4 is 12.2 Å². The maximum Gasteiger partial charge on any atom is 0.460 e. The second-order valence-electron chi connectivity index (χ2n) is 9.09. The standard InChI is InChI=1S/C18H8F26N2O4/c1-3(7(19,20)9(23,24)11(27,28)13(31,32)15(35,36)17(39,40)41)49-5(47)45-46-6(48)50-4(2)8(21,22)10(25,26)12(29,30)14(33,34)16(37,38)18(42,43)44/h3-4H,1-2H3. The van der Waals surface area contributed by atoms with Crippen LogP contribution in [0.5, 0.6) is 0 Å². The predicted molar refractivity (Wildman–Crippen MR) is 98.3 cm³/mol. The van der Waals surface area contributed by atoms with Crippen molar-refractivity contribution in [2.24, 2.45) is 10.2 Å². The Kier molecular flexibility index (Phi) is 11.9. The predicted octanol–water partition coefficient (Wildman–Crippen LogP) is 9.97. The third kappa shape index (κ3) is 6.85. The largest absolute Gasteiger partial charge is 0.460 e. The summed E-state index contributed by atoms with van der Waals surface area (Å²) in [5, 5.41) is 3.14. The van der Waals surface area contributed by atoms with Crippen molar-refractivity contribution in [1.29, 1.82) is 0 Å². The van der Waals surface area contributed by atoms with Crippen LogP contribution < -0.4 is 0 Å². The molecular weight excluding hydrogens is 802 g/mol. The van der Waals surface area contributed by atoms with E-state index in [1.807, 2.05) is 0 Å². The van der Waals surface area contributed by atoms with Gasteiger partial charge >= 0.3 is 83.8 Å². The Morgan fingerprint density at radius 1 is 0.360 bits per heavy atom. The monoisotopic (exact) mass is 810 g/mol. The van der Waals surface area contributed by atoms with E-state index < -0.39 is 110 Å². The molecule has 0 rings (SSSR count). The lowest BCUT2D eigenvalue weighted by molar-refractivity contribution is -0.443. The molecule has 0 spiro atoms. The van der Waals surface area contributed by atoms with E-state index in [1.54, 1.807) is 10.2 Å². The van der Waals surface area contributed by atoms with Gasteiger partial charge in [0, 0.05) is 0 Å². The minimum absolute atomic E-state index is 0.751. The van der Waals surface area contributed by atoms with Gasteiger partial charge in [-0.15, -0.1) is 0 Å². The summed E-state index contributed by atoms with van der Waals surface area (Å²) in [6.45, 7) is -1.50. The number of carbonyl (C=O) groups is 2. The summed E-state index contributed by atoms with van der Waals surface area (Å²) in [5.41, 5.74) is 0. The third-order valence-corrected chi connectivity index (χ3v) is 5.70. The Hall–Kier alpha value is -3.28. The van der Waals surface area contributed by atoms with E-state index in [0.717, 1.165) is 0 Å². The number of alkyl halides is 26. The second kappa shape index (κ2) is 12.7. The van der Waals surface area contributed by atoms with E-state index in [1.165, 1.54) is 0 Å². The van der Waals surface area contributed by atoms with Crippen LogP contribution in [-0.4, -0.2) is 96.0 Å². The molecule has 0 heterocycles. The summed E-state index contributed by atoms with van der Waals surface area (Å²) in [5.74, 6) is -80.4. The smallest absolute Gasteiger partial charge is 0.437 e. The lowest BCUT2D eigenvalue weighted by Crippen LogP contribution is -2.71. The highest BCUT2D eigenvalue weighted by molar-refractivity contribution is 5.73. The minimum Gasteiger partial charge on any atom is -0.437 e. The van der Waals surface area contributed by atoms with Gasteiger partial charge in [0.2, 0.25) is 0 Å². The lowest BCUT2D eigenvalue weighted by Gasteiger charge is -2.40. The van der Waals surface area contributed by atoms with Crippen LogP contribution in [0.25, 0.3) is 0 Å². The summed E-state index contributed by atoms with van der Waals surface area (Å²) in [6.07, 6.45) is -30.9. The lowest BCUT2D eigenvalue weighted by atomic mass is 9.92. The maximum absolute atomic E-state index is 13.9. The zero-order valence-corrected chi connectivity index (χ0v) is 22.5. The first-order valence-corrected chi connectivity index (χ1v) is 11.1. The van der Waals surface area contributed by atoms with Crippen LogP contribution in [0.3, 0.4) is 0 Å². The summed E-state index contributed by atoms with van der Waals surface area (Å²) < 4.78 is 347. The number of nitrogens with zero attached hydrogens (tertiary/aromatic N) is 2. The first-order valence-electron chi connectivity index (χ1n) is 11.1. The van der Waals surface area contributed by atoms with Crippen LogP contribution >= 0.6 is 0 Å². The SMILES string of the molecule is CC(OC(=O)N=NC(=O)OC(C)C(F)(F)C(F)(F)C(F)(F)C(F)(F)C(F)(F)C(F)(F)F)C(F)(F)C(F)(F)C(F)(F)C(F)(F)C(F)(F)C(F)(F)F. The van der Waals surface area contributed by atoms with Crippen molar-refractivity contribution in [2.75, 3.05) is 0 Å². The molecule has 0 radical (unpaired) electrons. The average Bonchev–Trinajstić information content (AvgIpc) is 2.89. The highest BCUT2D eigenvalue weighted by Crippen LogP contribution is 2.62. The van der Waals surface area contributed by atoms with Gasteiger partial charge in [0.1, 0.15) is 0 Å². The van der Waals surface area contributed by atoms with Gasteiger partial charge in [-0.2, -0.15) is 114 Å². The Morgan fingerprint density at radius 2 is 0.540 bits per heavy atom. The molecule has 0 bridgehead atoms. The van der Waals surface area contributed by atoms with Crippen molar-refractivity contribution in [3.8, 4) is 0 Å². The Bertz CT molecular complexity index is 1190. The molecule has 50 heavy (non-hydrogen) atoms. The average molecular weight is 810 g/mol. The van der Waals surface area contributed by atoms with E-state index in [2.05, 4.69) is 9.47 Å². The van der Waals surface area contributed by atoms with Crippen LogP contribution in [-0.2, 0) is 9.47 Å². The first-order chi connectivity index (χ1) is 21.3. The van der Waals surface area contributed by atoms with Gasteiger partial charge in [-0.1, -0.05) is 10.2 Å². The fourth-order valence-electron chi connectivity index (χ4n) is 2.65. The van der Waals surface area contributed by atoms with Gasteiger partial charge in [0.25, 0.3) is 0 Å². The molecule has 2 unspecified atom stereocenters. The van der Waals surface area contributed by atoms with Crippen LogP contribution in [0.4, 0.5) is 124 Å². The van der Waals surface area contributed by atoms with Crippen LogP contribution in [0, 0.1) is 0 Å². The molecule has 0 aromatic heterocycles. The molecule has 32 heteroatoms. The van der Waals surface area contributed by atoms with Gasteiger partial charge in [-0.05, 0) is 13.8 Å². The molecule has 6 nitrogen and oxygen atoms in total. The normalized spacial score (nSPS) is 17.1. The zero-order chi connectivity index (χ0) is 41.1. The molecule has 0 saturated heterocycles. The van der Waals surface area contributed by atoms with Gasteiger partial charge in [0.05, 0.1) is 0 Å². The Morgan fingerprint density at radius 3 is 0.720 bits per heavy atom. The van der Waals surface area contributed by atoms with Gasteiger partial charge in [0.15, 0.2) is 12.2 Å². The molecule has 0 aliphatic heterocycles. The van der Waals surface area contributed by atoms with Crippen molar-refractivity contribution in [3.05, 3.63) is 0 Å². The van der Waals surface area contributed by atoms with Crippen LogP contribution in [0.1, 0.15) is 13.8 Å². The first kappa shape index (κ1) is 46.7. The second-order valence-corrected chi connectivity index (χ2v) is 9.09. The van der Waals surface area contributed by atoms with Gasteiger partial charge in [-0.25, -0.2) is 9.59 Å². The quantitative estimate of drug-likeness (QED) is 0.145. The summed E-state index contributed by atoms with van der Waals surface area (Å²) in [6, 6.07) is 0. The molecule has 0 aliphatic carbocycles. The zero-order valence-electron chi connectivity index (χ0n) is 22.5. The number of carbonyl (C=O) groups excluding carboxylic acids is 2. The van der Waals surface area contributed by atoms with Crippen molar-refractivity contribution in [1.82, 2.24) is 0 Å². The van der Waals surface area contributed by atoms with E-state index in [0.29, 0.717) is 0 Å². The van der Waals surface area contributed by atoms with E-state index in [9.17, 15) is 124 Å². The molecule has 0 N–H and O–H groups in total.